The van der Waals surface area contributed by atoms with Crippen molar-refractivity contribution in [2.45, 2.75) is 32.6 Å². The summed E-state index contributed by atoms with van der Waals surface area (Å²) in [6.45, 7) is 2.50. The predicted molar refractivity (Wildman–Crippen MR) is 154 cm³/mol. The van der Waals surface area contributed by atoms with Crippen LogP contribution in [0.4, 0.5) is 4.39 Å². The van der Waals surface area contributed by atoms with Crippen LogP contribution in [0.1, 0.15) is 41.3 Å². The van der Waals surface area contributed by atoms with E-state index in [4.69, 9.17) is 14.2 Å². The summed E-state index contributed by atoms with van der Waals surface area (Å²) in [6, 6.07) is 20.5. The number of hydrogen-bond acceptors (Lipinski definition) is 6. The molecule has 4 aromatic rings. The third-order valence-electron chi connectivity index (χ3n) is 6.54. The van der Waals surface area contributed by atoms with E-state index in [1.165, 1.54) is 24.3 Å². The summed E-state index contributed by atoms with van der Waals surface area (Å²) >= 11 is 0. The molecule has 4 aromatic carbocycles. The molecule has 0 bridgehead atoms. The normalized spacial score (nSPS) is 10.7. The number of rotatable bonds is 14. The number of phenols is 1. The monoisotopic (exact) mass is 574 g/mol. The van der Waals surface area contributed by atoms with Crippen LogP contribution >= 0.6 is 0 Å². The number of para-hydroxylation sites is 1. The largest absolute Gasteiger partial charge is 0.507 e. The third-order valence-corrected chi connectivity index (χ3v) is 6.54. The molecule has 3 N–H and O–H groups in total. The van der Waals surface area contributed by atoms with Gasteiger partial charge in [-0.25, -0.2) is 9.18 Å². The van der Waals surface area contributed by atoms with Crippen molar-refractivity contribution in [2.24, 2.45) is 0 Å². The second kappa shape index (κ2) is 14.0. The maximum atomic E-state index is 13.3. The Balaban J connectivity index is 1.43. The number of aryl methyl sites for hydroxylation is 1. The van der Waals surface area contributed by atoms with Crippen LogP contribution in [0.3, 0.4) is 0 Å². The number of carboxylic acid groups (broad SMARTS) is 2. The first-order valence-electron chi connectivity index (χ1n) is 13.5. The Kier molecular flexibility index (Phi) is 9.99. The summed E-state index contributed by atoms with van der Waals surface area (Å²) in [7, 11) is 0. The van der Waals surface area contributed by atoms with E-state index >= 15 is 0 Å². The van der Waals surface area contributed by atoms with Crippen LogP contribution in [0.2, 0.25) is 0 Å². The Morgan fingerprint density at radius 1 is 0.810 bits per heavy atom. The molecule has 0 heterocycles. The van der Waals surface area contributed by atoms with Crippen molar-refractivity contribution in [3.63, 3.8) is 0 Å². The minimum Gasteiger partial charge on any atom is -0.507 e. The van der Waals surface area contributed by atoms with E-state index in [0.717, 1.165) is 5.56 Å². The van der Waals surface area contributed by atoms with Gasteiger partial charge in [0.15, 0.2) is 0 Å². The van der Waals surface area contributed by atoms with Gasteiger partial charge in [0.1, 0.15) is 40.1 Å². The van der Waals surface area contributed by atoms with Crippen molar-refractivity contribution in [3.05, 3.63) is 101 Å². The Bertz CT molecular complexity index is 1550. The number of benzene rings is 4. The highest BCUT2D eigenvalue weighted by molar-refractivity contribution is 5.91. The van der Waals surface area contributed by atoms with E-state index in [9.17, 15) is 29.3 Å². The van der Waals surface area contributed by atoms with E-state index in [1.54, 1.807) is 48.5 Å². The molecule has 0 saturated heterocycles. The second-order valence-electron chi connectivity index (χ2n) is 9.42. The van der Waals surface area contributed by atoms with E-state index in [-0.39, 0.29) is 48.9 Å². The van der Waals surface area contributed by atoms with Gasteiger partial charge in [-0.05, 0) is 66.4 Å². The van der Waals surface area contributed by atoms with Crippen LogP contribution in [-0.4, -0.2) is 40.5 Å². The van der Waals surface area contributed by atoms with Gasteiger partial charge in [0.25, 0.3) is 0 Å². The summed E-state index contributed by atoms with van der Waals surface area (Å²) < 4.78 is 31.2. The van der Waals surface area contributed by atoms with Crippen molar-refractivity contribution in [1.82, 2.24) is 0 Å². The van der Waals surface area contributed by atoms with Crippen LogP contribution in [0.5, 0.6) is 28.7 Å². The van der Waals surface area contributed by atoms with Gasteiger partial charge in [-0.1, -0.05) is 37.3 Å². The highest BCUT2D eigenvalue weighted by Crippen LogP contribution is 2.37. The molecule has 0 atom stereocenters. The number of aromatic hydroxyl groups is 1. The zero-order chi connectivity index (χ0) is 30.1. The number of hydrogen-bond donors (Lipinski definition) is 3. The minimum atomic E-state index is -1.14. The molecule has 9 heteroatoms. The molecule has 4 rings (SSSR count). The molecule has 0 aromatic heterocycles. The Morgan fingerprint density at radius 2 is 1.48 bits per heavy atom. The summed E-state index contributed by atoms with van der Waals surface area (Å²) in [5, 5.41) is 29.4. The quantitative estimate of drug-likeness (QED) is 0.136. The van der Waals surface area contributed by atoms with Gasteiger partial charge in [-0.15, -0.1) is 0 Å². The van der Waals surface area contributed by atoms with Crippen LogP contribution in [-0.2, 0) is 17.6 Å². The fourth-order valence-electron chi connectivity index (χ4n) is 4.41. The minimum absolute atomic E-state index is 0.0201. The lowest BCUT2D eigenvalue weighted by Crippen LogP contribution is -2.08. The lowest BCUT2D eigenvalue weighted by atomic mass is 10.00. The average Bonchev–Trinajstić information content (AvgIpc) is 2.97. The average molecular weight is 575 g/mol. The van der Waals surface area contributed by atoms with Gasteiger partial charge in [0, 0.05) is 30.0 Å². The summed E-state index contributed by atoms with van der Waals surface area (Å²) in [5.74, 6) is -1.06. The first-order valence-corrected chi connectivity index (χ1v) is 13.5. The number of aliphatic carboxylic acids is 1. The number of halogens is 1. The van der Waals surface area contributed by atoms with Crippen molar-refractivity contribution < 1.29 is 43.5 Å². The zero-order valence-electron chi connectivity index (χ0n) is 23.0. The van der Waals surface area contributed by atoms with Crippen molar-refractivity contribution in [2.75, 3.05) is 13.2 Å². The molecule has 0 aliphatic carbocycles. The Morgan fingerprint density at radius 3 is 2.17 bits per heavy atom. The van der Waals surface area contributed by atoms with E-state index in [0.29, 0.717) is 46.8 Å². The Hall–Kier alpha value is -5.05. The van der Waals surface area contributed by atoms with Gasteiger partial charge in [-0.2, -0.15) is 0 Å². The van der Waals surface area contributed by atoms with Crippen LogP contribution in [0.15, 0.2) is 78.9 Å². The second-order valence-corrected chi connectivity index (χ2v) is 9.42. The van der Waals surface area contributed by atoms with Crippen LogP contribution in [0.25, 0.3) is 11.1 Å². The molecule has 8 nitrogen and oxygen atoms in total. The number of aromatic carboxylic acids is 1. The zero-order valence-corrected chi connectivity index (χ0v) is 23.0. The third kappa shape index (κ3) is 7.57. The lowest BCUT2D eigenvalue weighted by Gasteiger charge is -2.17. The van der Waals surface area contributed by atoms with Gasteiger partial charge in [0.2, 0.25) is 0 Å². The molecule has 0 fully saturated rings. The van der Waals surface area contributed by atoms with Gasteiger partial charge < -0.3 is 29.5 Å². The fourth-order valence-corrected chi connectivity index (χ4v) is 4.41. The molecule has 0 aliphatic heterocycles. The maximum Gasteiger partial charge on any atom is 0.339 e. The first-order chi connectivity index (χ1) is 20.3. The number of carbonyl (C=O) groups is 2. The maximum absolute atomic E-state index is 13.3. The molecule has 0 saturated carbocycles. The molecule has 0 radical (unpaired) electrons. The van der Waals surface area contributed by atoms with E-state index in [1.807, 2.05) is 13.0 Å². The topological polar surface area (TPSA) is 123 Å². The molecular weight excluding hydrogens is 543 g/mol. The highest BCUT2D eigenvalue weighted by Gasteiger charge is 2.17. The van der Waals surface area contributed by atoms with Gasteiger partial charge >= 0.3 is 11.9 Å². The van der Waals surface area contributed by atoms with E-state index in [2.05, 4.69) is 0 Å². The first kappa shape index (κ1) is 29.9. The summed E-state index contributed by atoms with van der Waals surface area (Å²) in [5.41, 5.74) is 2.66. The van der Waals surface area contributed by atoms with Crippen molar-refractivity contribution in [1.29, 1.82) is 0 Å². The molecule has 0 amide bonds. The Labute approximate surface area is 242 Å². The molecule has 0 unspecified atom stereocenters. The molecule has 0 spiro atoms. The molecule has 0 aliphatic rings. The summed E-state index contributed by atoms with van der Waals surface area (Å²) in [6.07, 6.45) is 1.09. The molecular formula is C33H31FO8. The van der Waals surface area contributed by atoms with Gasteiger partial charge in [0.05, 0.1) is 13.2 Å². The fraction of sp³-hybridized carbons (Fsp3) is 0.212. The SMILES string of the molecule is CCc1cc(-c2ccc(F)cc2)c(O)cc1OCCCOc1cccc(Oc2ccccc2C(=O)O)c1CCC(=O)O. The summed E-state index contributed by atoms with van der Waals surface area (Å²) in [4.78, 5) is 22.9. The van der Waals surface area contributed by atoms with Crippen molar-refractivity contribution in [3.8, 4) is 39.9 Å². The smallest absolute Gasteiger partial charge is 0.339 e. The lowest BCUT2D eigenvalue weighted by molar-refractivity contribution is -0.136. The number of ether oxygens (including phenoxy) is 3. The van der Waals surface area contributed by atoms with Gasteiger partial charge in [-0.3, -0.25) is 4.79 Å². The molecule has 218 valence electrons. The predicted octanol–water partition coefficient (Wildman–Crippen LogP) is 7.12. The van der Waals surface area contributed by atoms with E-state index < -0.39 is 11.9 Å². The highest BCUT2D eigenvalue weighted by atomic mass is 19.1. The molecule has 42 heavy (non-hydrogen) atoms. The number of phenolic OH excluding ortho intramolecular Hbond substituents is 1. The standard InChI is InChI=1S/C33H31FO8/c1-2-21-19-26(22-11-13-23(34)14-12-22)27(35)20-31(21)41-18-6-17-40-28-9-5-10-29(24(28)15-16-32(36)37)42-30-8-4-3-7-25(30)33(38)39/h3-5,7-14,19-20,35H,2,6,15-18H2,1H3,(H,36,37)(H,38,39). The number of carboxylic acids is 2. The van der Waals surface area contributed by atoms with Crippen LogP contribution < -0.4 is 14.2 Å². The van der Waals surface area contributed by atoms with Crippen LogP contribution in [0, 0.1) is 5.82 Å². The van der Waals surface area contributed by atoms with Crippen molar-refractivity contribution >= 4 is 11.9 Å².